The van der Waals surface area contributed by atoms with Crippen LogP contribution >= 0.6 is 24.0 Å². The van der Waals surface area contributed by atoms with E-state index in [9.17, 15) is 18.0 Å². The second-order valence-electron chi connectivity index (χ2n) is 3.89. The summed E-state index contributed by atoms with van der Waals surface area (Å²) in [5.41, 5.74) is 4.93. The van der Waals surface area contributed by atoms with Crippen molar-refractivity contribution in [1.29, 1.82) is 0 Å². The first-order chi connectivity index (χ1) is 8.74. The summed E-state index contributed by atoms with van der Waals surface area (Å²) in [6.07, 6.45) is -4.71. The van der Waals surface area contributed by atoms with E-state index in [4.69, 9.17) is 17.3 Å². The predicted octanol–water partition coefficient (Wildman–Crippen LogP) is 3.73. The lowest BCUT2D eigenvalue weighted by molar-refractivity contribution is -0.143. The molecule has 0 aliphatic rings. The topological polar surface area (TPSA) is 52.3 Å². The Morgan fingerprint density at radius 1 is 1.40 bits per heavy atom. The molecule has 0 bridgehead atoms. The van der Waals surface area contributed by atoms with Crippen LogP contribution in [-0.4, -0.2) is 12.6 Å². The first-order valence-electron chi connectivity index (χ1n) is 5.53. The Bertz CT molecular complexity index is 467. The number of nitrogens with two attached hydrogens (primary N) is 1. The number of esters is 1. The van der Waals surface area contributed by atoms with Gasteiger partial charge >= 0.3 is 12.1 Å². The van der Waals surface area contributed by atoms with Crippen LogP contribution in [0.4, 0.5) is 13.2 Å². The number of rotatable bonds is 4. The summed E-state index contributed by atoms with van der Waals surface area (Å²) in [5.74, 6) is -0.566. The van der Waals surface area contributed by atoms with Crippen molar-refractivity contribution < 1.29 is 22.7 Å². The Labute approximate surface area is 125 Å². The molecule has 1 atom stereocenters. The summed E-state index contributed by atoms with van der Waals surface area (Å²) in [6.45, 7) is 1.82. The largest absolute Gasteiger partial charge is 0.466 e. The van der Waals surface area contributed by atoms with Crippen molar-refractivity contribution in [1.82, 2.24) is 0 Å². The van der Waals surface area contributed by atoms with Gasteiger partial charge in [-0.1, -0.05) is 11.6 Å². The van der Waals surface area contributed by atoms with Gasteiger partial charge in [-0.3, -0.25) is 4.79 Å². The summed E-state index contributed by atoms with van der Waals surface area (Å²) in [6, 6.07) is 2.11. The SMILES string of the molecule is CCOC(=O)C[C@H](N)c1cc(Cl)cc(C(F)(F)F)c1.Cl. The molecule has 0 saturated heterocycles. The van der Waals surface area contributed by atoms with E-state index in [-0.39, 0.29) is 36.0 Å². The van der Waals surface area contributed by atoms with E-state index in [0.717, 1.165) is 12.1 Å². The van der Waals surface area contributed by atoms with Gasteiger partial charge in [-0.05, 0) is 30.7 Å². The molecule has 0 spiro atoms. The highest BCUT2D eigenvalue weighted by Crippen LogP contribution is 2.33. The molecule has 1 rings (SSSR count). The first-order valence-corrected chi connectivity index (χ1v) is 5.90. The number of hydrogen-bond acceptors (Lipinski definition) is 3. The van der Waals surface area contributed by atoms with Crippen molar-refractivity contribution in [3.8, 4) is 0 Å². The van der Waals surface area contributed by atoms with Crippen LogP contribution in [0.3, 0.4) is 0 Å². The normalized spacial score (nSPS) is 12.5. The molecule has 2 N–H and O–H groups in total. The Morgan fingerprint density at radius 3 is 2.50 bits per heavy atom. The van der Waals surface area contributed by atoms with Gasteiger partial charge in [0.2, 0.25) is 0 Å². The molecular formula is C12H14Cl2F3NO2. The molecule has 8 heteroatoms. The zero-order chi connectivity index (χ0) is 14.6. The number of carbonyl (C=O) groups is 1. The molecule has 0 amide bonds. The van der Waals surface area contributed by atoms with Gasteiger partial charge in [-0.2, -0.15) is 13.2 Å². The minimum atomic E-state index is -4.51. The van der Waals surface area contributed by atoms with Gasteiger partial charge in [0.05, 0.1) is 18.6 Å². The molecule has 0 saturated carbocycles. The van der Waals surface area contributed by atoms with Gasteiger partial charge in [-0.25, -0.2) is 0 Å². The van der Waals surface area contributed by atoms with Crippen molar-refractivity contribution >= 4 is 30.0 Å². The third-order valence-electron chi connectivity index (χ3n) is 2.37. The van der Waals surface area contributed by atoms with E-state index in [0.29, 0.717) is 0 Å². The molecule has 1 aromatic carbocycles. The van der Waals surface area contributed by atoms with Crippen molar-refractivity contribution in [3.05, 3.63) is 34.3 Å². The van der Waals surface area contributed by atoms with Crippen LogP contribution in [0.1, 0.15) is 30.5 Å². The maximum absolute atomic E-state index is 12.6. The van der Waals surface area contributed by atoms with Gasteiger partial charge in [0, 0.05) is 11.1 Å². The predicted molar refractivity (Wildman–Crippen MR) is 71.9 cm³/mol. The summed E-state index contributed by atoms with van der Waals surface area (Å²) in [5, 5.41) is -0.0795. The molecule has 1 aromatic rings. The van der Waals surface area contributed by atoms with Gasteiger partial charge in [-0.15, -0.1) is 12.4 Å². The molecular weight excluding hydrogens is 318 g/mol. The van der Waals surface area contributed by atoms with Crippen LogP contribution in [0, 0.1) is 0 Å². The second-order valence-corrected chi connectivity index (χ2v) is 4.32. The van der Waals surface area contributed by atoms with Crippen LogP contribution in [0.15, 0.2) is 18.2 Å². The molecule has 20 heavy (non-hydrogen) atoms. The smallest absolute Gasteiger partial charge is 0.416 e. The summed E-state index contributed by atoms with van der Waals surface area (Å²) < 4.78 is 42.5. The molecule has 0 radical (unpaired) electrons. The van der Waals surface area contributed by atoms with Crippen LogP contribution in [0.2, 0.25) is 5.02 Å². The lowest BCUT2D eigenvalue weighted by Gasteiger charge is -2.14. The summed E-state index contributed by atoms with van der Waals surface area (Å²) in [4.78, 5) is 11.2. The highest BCUT2D eigenvalue weighted by Gasteiger charge is 2.31. The molecule has 0 aliphatic carbocycles. The summed E-state index contributed by atoms with van der Waals surface area (Å²) >= 11 is 5.63. The third-order valence-corrected chi connectivity index (χ3v) is 2.59. The highest BCUT2D eigenvalue weighted by atomic mass is 35.5. The van der Waals surface area contributed by atoms with E-state index >= 15 is 0 Å². The average molecular weight is 332 g/mol. The minimum Gasteiger partial charge on any atom is -0.466 e. The van der Waals surface area contributed by atoms with Gasteiger partial charge in [0.25, 0.3) is 0 Å². The highest BCUT2D eigenvalue weighted by molar-refractivity contribution is 6.30. The Hall–Kier alpha value is -0.980. The first kappa shape index (κ1) is 19.0. The van der Waals surface area contributed by atoms with Gasteiger partial charge < -0.3 is 10.5 Å². The zero-order valence-electron chi connectivity index (χ0n) is 10.5. The fourth-order valence-corrected chi connectivity index (χ4v) is 1.75. The fourth-order valence-electron chi connectivity index (χ4n) is 1.51. The molecule has 0 aromatic heterocycles. The van der Waals surface area contributed by atoms with E-state index in [2.05, 4.69) is 4.74 Å². The number of carbonyl (C=O) groups excluding carboxylic acids is 1. The van der Waals surface area contributed by atoms with Crippen molar-refractivity contribution in [2.45, 2.75) is 25.6 Å². The van der Waals surface area contributed by atoms with E-state index < -0.39 is 23.8 Å². The maximum Gasteiger partial charge on any atom is 0.416 e. The monoisotopic (exact) mass is 331 g/mol. The maximum atomic E-state index is 12.6. The van der Waals surface area contributed by atoms with E-state index in [1.165, 1.54) is 6.07 Å². The average Bonchev–Trinajstić information content (AvgIpc) is 2.27. The number of ether oxygens (including phenoxy) is 1. The van der Waals surface area contributed by atoms with Crippen LogP contribution < -0.4 is 5.73 Å². The standard InChI is InChI=1S/C12H13ClF3NO2.ClH/c1-2-19-11(18)6-10(17)7-3-8(12(14,15)16)5-9(13)4-7;/h3-5,10H,2,6,17H2,1H3;1H/t10-;/m0./s1. The molecule has 114 valence electrons. The Balaban J connectivity index is 0.00000361. The van der Waals surface area contributed by atoms with Gasteiger partial charge in [0.15, 0.2) is 0 Å². The van der Waals surface area contributed by atoms with Crippen LogP contribution in [0.25, 0.3) is 0 Å². The number of halogens is 5. The molecule has 0 fully saturated rings. The van der Waals surface area contributed by atoms with Crippen molar-refractivity contribution in [2.75, 3.05) is 6.61 Å². The molecule has 0 aliphatic heterocycles. The minimum absolute atomic E-state index is 0. The molecule has 3 nitrogen and oxygen atoms in total. The van der Waals surface area contributed by atoms with Crippen molar-refractivity contribution in [2.24, 2.45) is 5.73 Å². The Kier molecular flexibility index (Phi) is 7.33. The third kappa shape index (κ3) is 5.56. The lowest BCUT2D eigenvalue weighted by Crippen LogP contribution is -2.18. The molecule has 0 heterocycles. The van der Waals surface area contributed by atoms with Crippen LogP contribution in [-0.2, 0) is 15.7 Å². The molecule has 0 unspecified atom stereocenters. The quantitative estimate of drug-likeness (QED) is 0.855. The fraction of sp³-hybridized carbons (Fsp3) is 0.417. The number of alkyl halides is 3. The number of benzene rings is 1. The van der Waals surface area contributed by atoms with Gasteiger partial charge in [0.1, 0.15) is 0 Å². The Morgan fingerprint density at radius 2 is 2.00 bits per heavy atom. The lowest BCUT2D eigenvalue weighted by atomic mass is 10.0. The zero-order valence-corrected chi connectivity index (χ0v) is 12.1. The number of hydrogen-bond donors (Lipinski definition) is 1. The van der Waals surface area contributed by atoms with E-state index in [1.807, 2.05) is 0 Å². The summed E-state index contributed by atoms with van der Waals surface area (Å²) in [7, 11) is 0. The van der Waals surface area contributed by atoms with Crippen LogP contribution in [0.5, 0.6) is 0 Å². The second kappa shape index (κ2) is 7.71. The van der Waals surface area contributed by atoms with E-state index in [1.54, 1.807) is 6.92 Å². The van der Waals surface area contributed by atoms with Crippen molar-refractivity contribution in [3.63, 3.8) is 0 Å².